The average Bonchev–Trinajstić information content (AvgIpc) is 3.34. The van der Waals surface area contributed by atoms with Crippen LogP contribution in [0, 0.1) is 6.92 Å². The van der Waals surface area contributed by atoms with Crippen LogP contribution in [0.3, 0.4) is 0 Å². The minimum Gasteiger partial charge on any atom is -0.497 e. The van der Waals surface area contributed by atoms with Gasteiger partial charge in [-0.1, -0.05) is 18.2 Å². The van der Waals surface area contributed by atoms with Crippen molar-refractivity contribution in [2.24, 2.45) is 4.99 Å². The van der Waals surface area contributed by atoms with Crippen molar-refractivity contribution in [2.75, 3.05) is 45.7 Å². The van der Waals surface area contributed by atoms with Crippen molar-refractivity contribution in [2.45, 2.75) is 32.2 Å². The molecule has 0 saturated carbocycles. The Kier molecular flexibility index (Phi) is 8.86. The molecular formula is C24H34N6O2. The topological polar surface area (TPSA) is 90.9 Å². The predicted octanol–water partition coefficient (Wildman–Crippen LogP) is 2.73. The molecule has 2 aromatic rings. The number of guanidine groups is 1. The number of aromatic nitrogens is 1. The SMILES string of the molecule is CN=C(NCCC(=O)Nc1ccc(C)cn1)NCC(c1cccc(OC)c1)N1CCCC1. The fourth-order valence-electron chi connectivity index (χ4n) is 3.82. The Morgan fingerprint density at radius 1 is 1.22 bits per heavy atom. The maximum Gasteiger partial charge on any atom is 0.227 e. The highest BCUT2D eigenvalue weighted by Gasteiger charge is 2.24. The van der Waals surface area contributed by atoms with Crippen LogP contribution in [-0.4, -0.2) is 62.1 Å². The Morgan fingerprint density at radius 3 is 2.72 bits per heavy atom. The minimum atomic E-state index is -0.0874. The molecule has 0 aliphatic carbocycles. The molecule has 0 spiro atoms. The van der Waals surface area contributed by atoms with Crippen LogP contribution >= 0.6 is 0 Å². The summed E-state index contributed by atoms with van der Waals surface area (Å²) in [5.41, 5.74) is 2.28. The molecule has 0 bridgehead atoms. The maximum atomic E-state index is 12.2. The van der Waals surface area contributed by atoms with Crippen molar-refractivity contribution < 1.29 is 9.53 Å². The lowest BCUT2D eigenvalue weighted by atomic mass is 10.1. The van der Waals surface area contributed by atoms with Gasteiger partial charge in [0.1, 0.15) is 11.6 Å². The van der Waals surface area contributed by atoms with Crippen molar-refractivity contribution in [1.82, 2.24) is 20.5 Å². The summed E-state index contributed by atoms with van der Waals surface area (Å²) >= 11 is 0. The van der Waals surface area contributed by atoms with Crippen LogP contribution < -0.4 is 20.7 Å². The van der Waals surface area contributed by atoms with E-state index in [1.54, 1.807) is 26.4 Å². The van der Waals surface area contributed by atoms with Gasteiger partial charge in [-0.15, -0.1) is 0 Å². The van der Waals surface area contributed by atoms with Crippen LogP contribution in [0.5, 0.6) is 5.75 Å². The number of aryl methyl sites for hydroxylation is 1. The molecule has 1 aromatic carbocycles. The van der Waals surface area contributed by atoms with E-state index in [1.165, 1.54) is 18.4 Å². The Balaban J connectivity index is 1.50. The summed E-state index contributed by atoms with van der Waals surface area (Å²) in [6.07, 6.45) is 4.50. The van der Waals surface area contributed by atoms with E-state index in [-0.39, 0.29) is 11.9 Å². The zero-order chi connectivity index (χ0) is 22.8. The summed E-state index contributed by atoms with van der Waals surface area (Å²) in [5, 5.41) is 9.47. The molecule has 3 N–H and O–H groups in total. The first-order valence-corrected chi connectivity index (χ1v) is 11.1. The van der Waals surface area contributed by atoms with E-state index in [9.17, 15) is 4.79 Å². The number of amides is 1. The van der Waals surface area contributed by atoms with Gasteiger partial charge in [-0.05, 0) is 62.2 Å². The molecule has 1 aliphatic heterocycles. The average molecular weight is 439 g/mol. The van der Waals surface area contributed by atoms with E-state index >= 15 is 0 Å². The highest BCUT2D eigenvalue weighted by Crippen LogP contribution is 2.27. The fourth-order valence-corrected chi connectivity index (χ4v) is 3.82. The first-order chi connectivity index (χ1) is 15.6. The second-order valence-electron chi connectivity index (χ2n) is 7.93. The summed E-state index contributed by atoms with van der Waals surface area (Å²) in [6, 6.07) is 12.2. The number of aliphatic imine (C=N–C) groups is 1. The van der Waals surface area contributed by atoms with E-state index < -0.39 is 0 Å². The fraction of sp³-hybridized carbons (Fsp3) is 0.458. The second kappa shape index (κ2) is 12.0. The van der Waals surface area contributed by atoms with Gasteiger partial charge in [-0.3, -0.25) is 14.7 Å². The number of ether oxygens (including phenoxy) is 1. The van der Waals surface area contributed by atoms with Crippen molar-refractivity contribution >= 4 is 17.7 Å². The van der Waals surface area contributed by atoms with Crippen LogP contribution in [0.1, 0.15) is 36.4 Å². The van der Waals surface area contributed by atoms with E-state index in [0.29, 0.717) is 31.3 Å². The van der Waals surface area contributed by atoms with Gasteiger partial charge in [0.05, 0.1) is 13.2 Å². The van der Waals surface area contributed by atoms with Gasteiger partial charge in [-0.25, -0.2) is 4.98 Å². The summed E-state index contributed by atoms with van der Waals surface area (Å²) in [7, 11) is 3.43. The number of anilines is 1. The molecule has 0 radical (unpaired) electrons. The Hall–Kier alpha value is -3.13. The van der Waals surface area contributed by atoms with Gasteiger partial charge in [0.25, 0.3) is 0 Å². The Morgan fingerprint density at radius 2 is 2.03 bits per heavy atom. The third-order valence-corrected chi connectivity index (χ3v) is 5.57. The van der Waals surface area contributed by atoms with Gasteiger partial charge in [0.2, 0.25) is 5.91 Å². The van der Waals surface area contributed by atoms with E-state index in [4.69, 9.17) is 4.74 Å². The van der Waals surface area contributed by atoms with Crippen LogP contribution in [-0.2, 0) is 4.79 Å². The lowest BCUT2D eigenvalue weighted by Gasteiger charge is -2.29. The zero-order valence-corrected chi connectivity index (χ0v) is 19.2. The minimum absolute atomic E-state index is 0.0874. The van der Waals surface area contributed by atoms with Gasteiger partial charge in [-0.2, -0.15) is 0 Å². The van der Waals surface area contributed by atoms with Gasteiger partial charge < -0.3 is 20.7 Å². The number of methoxy groups -OCH3 is 1. The van der Waals surface area contributed by atoms with E-state index in [1.807, 2.05) is 25.1 Å². The van der Waals surface area contributed by atoms with Crippen molar-refractivity contribution in [3.8, 4) is 5.75 Å². The molecule has 1 fully saturated rings. The lowest BCUT2D eigenvalue weighted by Crippen LogP contribution is -2.43. The lowest BCUT2D eigenvalue weighted by molar-refractivity contribution is -0.116. The second-order valence-corrected chi connectivity index (χ2v) is 7.93. The first-order valence-electron chi connectivity index (χ1n) is 11.1. The molecule has 8 heteroatoms. The number of carbonyl (C=O) groups excluding carboxylic acids is 1. The zero-order valence-electron chi connectivity index (χ0n) is 19.2. The molecule has 8 nitrogen and oxygen atoms in total. The van der Waals surface area contributed by atoms with Crippen molar-refractivity contribution in [1.29, 1.82) is 0 Å². The number of benzene rings is 1. The molecule has 172 valence electrons. The molecule has 1 amide bonds. The molecule has 2 heterocycles. The quantitative estimate of drug-likeness (QED) is 0.412. The molecule has 1 unspecified atom stereocenters. The number of nitrogens with zero attached hydrogens (tertiary/aromatic N) is 3. The number of carbonyl (C=O) groups is 1. The summed E-state index contributed by atoms with van der Waals surface area (Å²) in [5.74, 6) is 2.02. The molecule has 1 saturated heterocycles. The number of hydrogen-bond acceptors (Lipinski definition) is 5. The normalized spacial score (nSPS) is 15.3. The van der Waals surface area contributed by atoms with Crippen LogP contribution in [0.2, 0.25) is 0 Å². The Bertz CT molecular complexity index is 894. The molecule has 1 atom stereocenters. The smallest absolute Gasteiger partial charge is 0.227 e. The number of hydrogen-bond donors (Lipinski definition) is 3. The highest BCUT2D eigenvalue weighted by atomic mass is 16.5. The van der Waals surface area contributed by atoms with Crippen molar-refractivity contribution in [3.05, 3.63) is 53.7 Å². The maximum absolute atomic E-state index is 12.2. The first kappa shape index (κ1) is 23.5. The largest absolute Gasteiger partial charge is 0.497 e. The third kappa shape index (κ3) is 6.95. The van der Waals surface area contributed by atoms with Gasteiger partial charge >= 0.3 is 0 Å². The van der Waals surface area contributed by atoms with Gasteiger partial charge in [0.15, 0.2) is 5.96 Å². The van der Waals surface area contributed by atoms with Crippen molar-refractivity contribution in [3.63, 3.8) is 0 Å². The standard InChI is InChI=1S/C24H34N6O2/c1-18-9-10-22(27-16-18)29-23(31)11-12-26-24(25-2)28-17-21(30-13-4-5-14-30)19-7-6-8-20(15-19)32-3/h6-10,15-16,21H,4-5,11-14,17H2,1-3H3,(H2,25,26,28)(H,27,29,31). The molecule has 3 rings (SSSR count). The van der Waals surface area contributed by atoms with E-state index in [0.717, 1.165) is 24.4 Å². The van der Waals surface area contributed by atoms with Crippen LogP contribution in [0.4, 0.5) is 5.82 Å². The Labute approximate surface area is 190 Å². The molecule has 1 aromatic heterocycles. The summed E-state index contributed by atoms with van der Waals surface area (Å²) < 4.78 is 5.42. The third-order valence-electron chi connectivity index (χ3n) is 5.57. The van der Waals surface area contributed by atoms with Crippen LogP contribution in [0.15, 0.2) is 47.6 Å². The molecule has 1 aliphatic rings. The molecule has 32 heavy (non-hydrogen) atoms. The monoisotopic (exact) mass is 438 g/mol. The van der Waals surface area contributed by atoms with E-state index in [2.05, 4.69) is 43.0 Å². The predicted molar refractivity (Wildman–Crippen MR) is 128 cm³/mol. The van der Waals surface area contributed by atoms with Crippen LogP contribution in [0.25, 0.3) is 0 Å². The number of pyridine rings is 1. The highest BCUT2D eigenvalue weighted by molar-refractivity contribution is 5.90. The number of rotatable bonds is 9. The number of nitrogens with one attached hydrogen (secondary N) is 3. The van der Waals surface area contributed by atoms with Gasteiger partial charge in [0, 0.05) is 32.8 Å². The summed E-state index contributed by atoms with van der Waals surface area (Å²) in [4.78, 5) is 23.2. The number of likely N-dealkylation sites (tertiary alicyclic amines) is 1. The molecular weight excluding hydrogens is 404 g/mol. The summed E-state index contributed by atoms with van der Waals surface area (Å²) in [6.45, 7) is 5.33.